The molecule has 0 aliphatic carbocycles. The Hall–Kier alpha value is -1.59. The average molecular weight is 316 g/mol. The first-order valence-electron chi connectivity index (χ1n) is 7.92. The molecule has 0 aliphatic heterocycles. The standard InChI is InChI=1S/C16H29NO5/c1-5-6-11-22-15(20)8-10-16(4,9-7-14(18)19)17(21)12-13(2)3/h12-13H,5-11H2,1-4H3,(H-,18,19,21)/p+1/b17-12-. The summed E-state index contributed by atoms with van der Waals surface area (Å²) in [6.07, 6.45) is 4.10. The van der Waals surface area contributed by atoms with Gasteiger partial charge in [-0.15, -0.1) is 0 Å². The highest BCUT2D eigenvalue weighted by Gasteiger charge is 2.38. The van der Waals surface area contributed by atoms with Gasteiger partial charge in [0.2, 0.25) is 5.54 Å². The van der Waals surface area contributed by atoms with Gasteiger partial charge in [0.25, 0.3) is 0 Å². The molecule has 0 rings (SSSR count). The molecule has 0 fully saturated rings. The number of nitrogens with zero attached hydrogens (tertiary/aromatic N) is 1. The maximum Gasteiger partial charge on any atom is 0.306 e. The van der Waals surface area contributed by atoms with Crippen LogP contribution in [0, 0.1) is 5.92 Å². The zero-order valence-corrected chi connectivity index (χ0v) is 14.2. The van der Waals surface area contributed by atoms with Crippen LogP contribution in [0.2, 0.25) is 0 Å². The molecule has 0 aromatic heterocycles. The first-order valence-corrected chi connectivity index (χ1v) is 7.92. The largest absolute Gasteiger partial charge is 0.481 e. The third-order valence-corrected chi connectivity index (χ3v) is 3.50. The summed E-state index contributed by atoms with van der Waals surface area (Å²) >= 11 is 0. The molecule has 6 heteroatoms. The van der Waals surface area contributed by atoms with Crippen LogP contribution >= 0.6 is 0 Å². The SMILES string of the molecule is CCCCOC(=O)CCC(C)(CCC(=O)O)/[N+](O)=C/C(C)C. The number of carboxylic acid groups (broad SMARTS) is 1. The maximum absolute atomic E-state index is 11.7. The molecule has 0 aromatic rings. The Kier molecular flexibility index (Phi) is 9.45. The van der Waals surface area contributed by atoms with Crippen LogP contribution in [-0.4, -0.2) is 45.4 Å². The van der Waals surface area contributed by atoms with Gasteiger partial charge in [0.1, 0.15) is 0 Å². The predicted molar refractivity (Wildman–Crippen MR) is 83.3 cm³/mol. The van der Waals surface area contributed by atoms with Crippen LogP contribution in [-0.2, 0) is 14.3 Å². The monoisotopic (exact) mass is 316 g/mol. The van der Waals surface area contributed by atoms with E-state index in [9.17, 15) is 14.8 Å². The number of aliphatic carboxylic acids is 1. The molecule has 0 aliphatic rings. The van der Waals surface area contributed by atoms with Crippen LogP contribution in [0.5, 0.6) is 0 Å². The van der Waals surface area contributed by atoms with Crippen molar-refractivity contribution in [2.75, 3.05) is 6.61 Å². The number of unbranched alkanes of at least 4 members (excludes halogenated alkanes) is 1. The van der Waals surface area contributed by atoms with Gasteiger partial charge in [-0.2, -0.15) is 0 Å². The topological polar surface area (TPSA) is 86.8 Å². The van der Waals surface area contributed by atoms with Gasteiger partial charge >= 0.3 is 11.9 Å². The highest BCUT2D eigenvalue weighted by Crippen LogP contribution is 2.23. The minimum Gasteiger partial charge on any atom is -0.481 e. The Bertz CT molecular complexity index is 392. The molecule has 22 heavy (non-hydrogen) atoms. The van der Waals surface area contributed by atoms with Crippen molar-refractivity contribution in [1.29, 1.82) is 0 Å². The first-order chi connectivity index (χ1) is 10.2. The molecule has 0 amide bonds. The molecule has 128 valence electrons. The number of carbonyl (C=O) groups is 2. The van der Waals surface area contributed by atoms with E-state index >= 15 is 0 Å². The van der Waals surface area contributed by atoms with E-state index in [0.717, 1.165) is 17.6 Å². The number of esters is 1. The van der Waals surface area contributed by atoms with Crippen molar-refractivity contribution < 1.29 is 29.4 Å². The predicted octanol–water partition coefficient (Wildman–Crippen LogP) is 2.86. The van der Waals surface area contributed by atoms with Gasteiger partial charge in [-0.3, -0.25) is 14.8 Å². The molecule has 0 bridgehead atoms. The van der Waals surface area contributed by atoms with E-state index in [-0.39, 0.29) is 31.1 Å². The zero-order valence-electron chi connectivity index (χ0n) is 14.2. The van der Waals surface area contributed by atoms with Crippen LogP contribution in [0.25, 0.3) is 0 Å². The van der Waals surface area contributed by atoms with Crippen molar-refractivity contribution in [2.24, 2.45) is 5.92 Å². The van der Waals surface area contributed by atoms with Gasteiger partial charge in [0, 0.05) is 25.7 Å². The van der Waals surface area contributed by atoms with E-state index in [0.29, 0.717) is 13.0 Å². The lowest BCUT2D eigenvalue weighted by Crippen LogP contribution is -2.40. The normalized spacial score (nSPS) is 14.7. The smallest absolute Gasteiger partial charge is 0.306 e. The minimum absolute atomic E-state index is 0.0651. The molecule has 0 saturated carbocycles. The van der Waals surface area contributed by atoms with Gasteiger partial charge in [-0.05, 0) is 11.2 Å². The Morgan fingerprint density at radius 1 is 1.27 bits per heavy atom. The molecule has 1 atom stereocenters. The second-order valence-electron chi connectivity index (χ2n) is 6.20. The third-order valence-electron chi connectivity index (χ3n) is 3.50. The minimum atomic E-state index is -0.922. The van der Waals surface area contributed by atoms with E-state index in [1.807, 2.05) is 20.8 Å². The number of rotatable bonds is 11. The molecular formula is C16H30NO5+. The number of carbonyl (C=O) groups excluding carboxylic acids is 1. The molecule has 0 radical (unpaired) electrons. The maximum atomic E-state index is 11.7. The Morgan fingerprint density at radius 3 is 2.36 bits per heavy atom. The van der Waals surface area contributed by atoms with Crippen molar-refractivity contribution in [3.63, 3.8) is 0 Å². The third kappa shape index (κ3) is 8.64. The summed E-state index contributed by atoms with van der Waals surface area (Å²) < 4.78 is 6.15. The van der Waals surface area contributed by atoms with Crippen molar-refractivity contribution in [3.8, 4) is 0 Å². The second-order valence-corrected chi connectivity index (χ2v) is 6.20. The van der Waals surface area contributed by atoms with Gasteiger partial charge in [0.15, 0.2) is 6.21 Å². The lowest BCUT2D eigenvalue weighted by atomic mass is 9.90. The number of hydroxylamine groups is 1. The fraction of sp³-hybridized carbons (Fsp3) is 0.812. The summed E-state index contributed by atoms with van der Waals surface area (Å²) in [5.41, 5.74) is -0.799. The second kappa shape index (κ2) is 10.2. The van der Waals surface area contributed by atoms with Gasteiger partial charge in [-0.25, -0.2) is 0 Å². The molecule has 0 aromatic carbocycles. The summed E-state index contributed by atoms with van der Waals surface area (Å²) in [6, 6.07) is 0. The lowest BCUT2D eigenvalue weighted by molar-refractivity contribution is -0.824. The van der Waals surface area contributed by atoms with E-state index in [4.69, 9.17) is 9.84 Å². The summed E-state index contributed by atoms with van der Waals surface area (Å²) in [5, 5.41) is 19.1. The number of hydrogen-bond acceptors (Lipinski definition) is 4. The summed E-state index contributed by atoms with van der Waals surface area (Å²) in [5.74, 6) is -1.12. The van der Waals surface area contributed by atoms with Gasteiger partial charge < -0.3 is 9.84 Å². The highest BCUT2D eigenvalue weighted by molar-refractivity contribution is 5.69. The summed E-state index contributed by atoms with van der Waals surface area (Å²) in [6.45, 7) is 8.01. The van der Waals surface area contributed by atoms with Gasteiger partial charge in [-0.1, -0.05) is 27.2 Å². The van der Waals surface area contributed by atoms with E-state index in [1.54, 1.807) is 13.1 Å². The van der Waals surface area contributed by atoms with Gasteiger partial charge in [0.05, 0.1) is 19.4 Å². The van der Waals surface area contributed by atoms with Crippen LogP contribution in [0.1, 0.15) is 66.2 Å². The lowest BCUT2D eigenvalue weighted by Gasteiger charge is -2.21. The Labute approximate surface area is 132 Å². The summed E-state index contributed by atoms with van der Waals surface area (Å²) in [4.78, 5) is 22.5. The van der Waals surface area contributed by atoms with E-state index in [2.05, 4.69) is 0 Å². The quantitative estimate of drug-likeness (QED) is 0.153. The van der Waals surface area contributed by atoms with E-state index in [1.165, 1.54) is 0 Å². The average Bonchev–Trinajstić information content (AvgIpc) is 2.42. The number of carboxylic acids is 1. The molecule has 0 spiro atoms. The molecule has 6 nitrogen and oxygen atoms in total. The first kappa shape index (κ1) is 20.4. The Balaban J connectivity index is 4.72. The summed E-state index contributed by atoms with van der Waals surface area (Å²) in [7, 11) is 0. The van der Waals surface area contributed by atoms with Crippen molar-refractivity contribution in [3.05, 3.63) is 0 Å². The van der Waals surface area contributed by atoms with Crippen LogP contribution < -0.4 is 0 Å². The van der Waals surface area contributed by atoms with Crippen LogP contribution in [0.15, 0.2) is 0 Å². The zero-order chi connectivity index (χ0) is 17.2. The molecule has 1 unspecified atom stereocenters. The molecular weight excluding hydrogens is 286 g/mol. The number of ether oxygens (including phenoxy) is 1. The van der Waals surface area contributed by atoms with Crippen LogP contribution in [0.3, 0.4) is 0 Å². The van der Waals surface area contributed by atoms with Crippen LogP contribution in [0.4, 0.5) is 0 Å². The number of hydrogen-bond donors (Lipinski definition) is 2. The molecule has 0 heterocycles. The van der Waals surface area contributed by atoms with Crippen molar-refractivity contribution in [2.45, 2.75) is 71.8 Å². The fourth-order valence-electron chi connectivity index (χ4n) is 1.97. The van der Waals surface area contributed by atoms with E-state index < -0.39 is 11.5 Å². The van der Waals surface area contributed by atoms with Crippen molar-refractivity contribution >= 4 is 18.2 Å². The highest BCUT2D eigenvalue weighted by atomic mass is 16.5. The molecule has 2 N–H and O–H groups in total. The Morgan fingerprint density at radius 2 is 1.86 bits per heavy atom. The molecule has 0 saturated heterocycles. The van der Waals surface area contributed by atoms with Crippen molar-refractivity contribution in [1.82, 2.24) is 0 Å². The fourth-order valence-corrected chi connectivity index (χ4v) is 1.97.